The molecule has 2 aromatic rings. The summed E-state index contributed by atoms with van der Waals surface area (Å²) in [5.74, 6) is -0.192. The van der Waals surface area contributed by atoms with E-state index in [1.54, 1.807) is 19.1 Å². The largest absolute Gasteiger partial charge is 0.354 e. The molecule has 0 heterocycles. The van der Waals surface area contributed by atoms with Crippen molar-refractivity contribution in [1.82, 2.24) is 10.2 Å². The van der Waals surface area contributed by atoms with Gasteiger partial charge in [-0.3, -0.25) is 13.9 Å². The molecule has 9 heteroatoms. The standard InChI is InChI=1S/C26H36BrN3O4S/c1-18(2)15-28-26(32)20(5)29(16-21-8-7-9-23(27)14-21)25(31)17-30(35(6,33)34)24-12-10-22(11-13-24)19(3)4/h7-14,18-20H,15-17H2,1-6H3,(H,28,32)/t20-/m1/s1. The lowest BCUT2D eigenvalue weighted by Crippen LogP contribution is -2.51. The van der Waals surface area contributed by atoms with E-state index < -0.39 is 28.5 Å². The summed E-state index contributed by atoms with van der Waals surface area (Å²) in [7, 11) is -3.75. The van der Waals surface area contributed by atoms with Crippen LogP contribution in [0.1, 0.15) is 51.7 Å². The maximum atomic E-state index is 13.6. The number of anilines is 1. The fourth-order valence-corrected chi connectivity index (χ4v) is 4.80. The summed E-state index contributed by atoms with van der Waals surface area (Å²) >= 11 is 3.44. The lowest BCUT2D eigenvalue weighted by atomic mass is 10.0. The molecule has 0 spiro atoms. The van der Waals surface area contributed by atoms with Crippen LogP contribution in [0.3, 0.4) is 0 Å². The van der Waals surface area contributed by atoms with E-state index in [0.29, 0.717) is 18.2 Å². The highest BCUT2D eigenvalue weighted by Gasteiger charge is 2.30. The molecule has 0 saturated heterocycles. The quantitative estimate of drug-likeness (QED) is 0.433. The van der Waals surface area contributed by atoms with Gasteiger partial charge in [0.15, 0.2) is 0 Å². The predicted octanol–water partition coefficient (Wildman–Crippen LogP) is 4.53. The van der Waals surface area contributed by atoms with Crippen LogP contribution in [0.15, 0.2) is 53.0 Å². The first kappa shape index (κ1) is 28.8. The van der Waals surface area contributed by atoms with Crippen LogP contribution in [0, 0.1) is 5.92 Å². The summed E-state index contributed by atoms with van der Waals surface area (Å²) in [5, 5.41) is 2.87. The Morgan fingerprint density at radius 3 is 2.14 bits per heavy atom. The van der Waals surface area contributed by atoms with Crippen molar-refractivity contribution in [3.8, 4) is 0 Å². The number of amides is 2. The molecule has 0 aliphatic rings. The van der Waals surface area contributed by atoms with Crippen LogP contribution < -0.4 is 9.62 Å². The summed E-state index contributed by atoms with van der Waals surface area (Å²) in [5.41, 5.74) is 2.30. The number of rotatable bonds is 11. The third-order valence-electron chi connectivity index (χ3n) is 5.62. The van der Waals surface area contributed by atoms with Crippen molar-refractivity contribution < 1.29 is 18.0 Å². The van der Waals surface area contributed by atoms with Crippen LogP contribution in [0.5, 0.6) is 0 Å². The second kappa shape index (κ2) is 12.5. The Kier molecular flexibility index (Phi) is 10.3. The first-order chi connectivity index (χ1) is 16.3. The van der Waals surface area contributed by atoms with Crippen LogP contribution in [0.25, 0.3) is 0 Å². The second-order valence-corrected chi connectivity index (χ2v) is 12.3. The first-order valence-corrected chi connectivity index (χ1v) is 14.3. The Morgan fingerprint density at radius 1 is 1.00 bits per heavy atom. The molecule has 0 unspecified atom stereocenters. The third-order valence-corrected chi connectivity index (χ3v) is 7.25. The van der Waals surface area contributed by atoms with E-state index in [4.69, 9.17) is 0 Å². The average Bonchev–Trinajstić information content (AvgIpc) is 2.78. The normalized spacial score (nSPS) is 12.5. The van der Waals surface area contributed by atoms with Crippen molar-refractivity contribution in [2.75, 3.05) is 23.7 Å². The Hall–Kier alpha value is -2.39. The van der Waals surface area contributed by atoms with Gasteiger partial charge < -0.3 is 10.2 Å². The van der Waals surface area contributed by atoms with Crippen LogP contribution in [0.2, 0.25) is 0 Å². The van der Waals surface area contributed by atoms with E-state index in [1.165, 1.54) is 4.90 Å². The number of carbonyl (C=O) groups excluding carboxylic acids is 2. The minimum atomic E-state index is -3.75. The summed E-state index contributed by atoms with van der Waals surface area (Å²) in [6.07, 6.45) is 1.08. The average molecular weight is 567 g/mol. The number of nitrogens with zero attached hydrogens (tertiary/aromatic N) is 2. The van der Waals surface area contributed by atoms with E-state index in [9.17, 15) is 18.0 Å². The predicted molar refractivity (Wildman–Crippen MR) is 145 cm³/mol. The van der Waals surface area contributed by atoms with Crippen LogP contribution >= 0.6 is 15.9 Å². The van der Waals surface area contributed by atoms with E-state index in [2.05, 4.69) is 35.1 Å². The van der Waals surface area contributed by atoms with Crippen molar-refractivity contribution in [2.24, 2.45) is 5.92 Å². The summed E-state index contributed by atoms with van der Waals surface area (Å²) in [6.45, 7) is 9.99. The topological polar surface area (TPSA) is 86.8 Å². The highest BCUT2D eigenvalue weighted by atomic mass is 79.9. The van der Waals surface area contributed by atoms with Crippen molar-refractivity contribution in [2.45, 2.75) is 53.1 Å². The van der Waals surface area contributed by atoms with Gasteiger partial charge in [-0.05, 0) is 54.2 Å². The summed E-state index contributed by atoms with van der Waals surface area (Å²) in [4.78, 5) is 27.8. The fraction of sp³-hybridized carbons (Fsp3) is 0.462. The van der Waals surface area contributed by atoms with Gasteiger partial charge in [-0.1, -0.05) is 67.9 Å². The molecule has 0 bridgehead atoms. The molecule has 0 aliphatic carbocycles. The SMILES string of the molecule is CC(C)CNC(=O)[C@@H](C)N(Cc1cccc(Br)c1)C(=O)CN(c1ccc(C(C)C)cc1)S(C)(=O)=O. The number of halogens is 1. The molecule has 0 radical (unpaired) electrons. The van der Waals surface area contributed by atoms with Crippen LogP contribution in [0.4, 0.5) is 5.69 Å². The maximum Gasteiger partial charge on any atom is 0.244 e. The van der Waals surface area contributed by atoms with Gasteiger partial charge in [0.2, 0.25) is 21.8 Å². The molecule has 1 N–H and O–H groups in total. The van der Waals surface area contributed by atoms with Gasteiger partial charge in [0.1, 0.15) is 12.6 Å². The van der Waals surface area contributed by atoms with Crippen molar-refractivity contribution >= 4 is 43.5 Å². The molecular weight excluding hydrogens is 530 g/mol. The van der Waals surface area contributed by atoms with Crippen LogP contribution in [-0.2, 0) is 26.2 Å². The molecule has 0 fully saturated rings. The number of sulfonamides is 1. The van der Waals surface area contributed by atoms with E-state index in [0.717, 1.165) is 26.2 Å². The number of nitrogens with one attached hydrogen (secondary N) is 1. The molecule has 0 saturated carbocycles. The number of benzene rings is 2. The molecule has 2 rings (SSSR count). The van der Waals surface area contributed by atoms with Gasteiger partial charge >= 0.3 is 0 Å². The van der Waals surface area contributed by atoms with Gasteiger partial charge in [0.05, 0.1) is 11.9 Å². The Morgan fingerprint density at radius 2 is 1.63 bits per heavy atom. The molecular formula is C26H36BrN3O4S. The zero-order chi connectivity index (χ0) is 26.3. The minimum Gasteiger partial charge on any atom is -0.354 e. The molecule has 35 heavy (non-hydrogen) atoms. The van der Waals surface area contributed by atoms with Crippen molar-refractivity contribution in [1.29, 1.82) is 0 Å². The molecule has 7 nitrogen and oxygen atoms in total. The lowest BCUT2D eigenvalue weighted by molar-refractivity contribution is -0.139. The van der Waals surface area contributed by atoms with Crippen molar-refractivity contribution in [3.05, 3.63) is 64.1 Å². The number of carbonyl (C=O) groups is 2. The summed E-state index contributed by atoms with van der Waals surface area (Å²) < 4.78 is 27.3. The molecule has 192 valence electrons. The highest BCUT2D eigenvalue weighted by molar-refractivity contribution is 9.10. The minimum absolute atomic E-state index is 0.165. The molecule has 2 aromatic carbocycles. The summed E-state index contributed by atoms with van der Waals surface area (Å²) in [6, 6.07) is 13.8. The fourth-order valence-electron chi connectivity index (χ4n) is 3.51. The zero-order valence-electron chi connectivity index (χ0n) is 21.3. The monoisotopic (exact) mass is 565 g/mol. The number of hydrogen-bond donors (Lipinski definition) is 1. The third kappa shape index (κ3) is 8.65. The molecule has 0 aromatic heterocycles. The first-order valence-electron chi connectivity index (χ1n) is 11.7. The smallest absolute Gasteiger partial charge is 0.244 e. The molecule has 2 amide bonds. The van der Waals surface area contributed by atoms with E-state index >= 15 is 0 Å². The lowest BCUT2D eigenvalue weighted by Gasteiger charge is -2.31. The van der Waals surface area contributed by atoms with Gasteiger partial charge in [-0.15, -0.1) is 0 Å². The van der Waals surface area contributed by atoms with E-state index in [1.807, 2.05) is 50.2 Å². The van der Waals surface area contributed by atoms with Gasteiger partial charge in [0, 0.05) is 17.6 Å². The molecule has 1 atom stereocenters. The van der Waals surface area contributed by atoms with Crippen LogP contribution in [-0.4, -0.2) is 50.5 Å². The van der Waals surface area contributed by atoms with Gasteiger partial charge in [0.25, 0.3) is 0 Å². The maximum absolute atomic E-state index is 13.6. The Labute approximate surface area is 218 Å². The van der Waals surface area contributed by atoms with Gasteiger partial charge in [-0.2, -0.15) is 0 Å². The zero-order valence-corrected chi connectivity index (χ0v) is 23.7. The number of hydrogen-bond acceptors (Lipinski definition) is 4. The van der Waals surface area contributed by atoms with E-state index in [-0.39, 0.29) is 18.4 Å². The van der Waals surface area contributed by atoms with Crippen molar-refractivity contribution in [3.63, 3.8) is 0 Å². The Balaban J connectivity index is 2.36. The second-order valence-electron chi connectivity index (χ2n) is 9.48. The highest BCUT2D eigenvalue weighted by Crippen LogP contribution is 2.23. The molecule has 0 aliphatic heterocycles. The van der Waals surface area contributed by atoms with Gasteiger partial charge in [-0.25, -0.2) is 8.42 Å². The Bertz CT molecular complexity index is 1120.